The summed E-state index contributed by atoms with van der Waals surface area (Å²) in [5.74, 6) is 0.0960. The number of halogens is 3. The summed E-state index contributed by atoms with van der Waals surface area (Å²) < 4.78 is 30.7. The lowest BCUT2D eigenvalue weighted by Crippen LogP contribution is -2.32. The van der Waals surface area contributed by atoms with Gasteiger partial charge >= 0.3 is 0 Å². The third-order valence-electron chi connectivity index (χ3n) is 3.59. The fourth-order valence-electron chi connectivity index (χ4n) is 2.53. The van der Waals surface area contributed by atoms with Gasteiger partial charge in [0.1, 0.15) is 0 Å². The number of nitrogens with one attached hydrogen (secondary N) is 2. The minimum absolute atomic E-state index is 0. The van der Waals surface area contributed by atoms with E-state index >= 15 is 0 Å². The van der Waals surface area contributed by atoms with Gasteiger partial charge in [0.05, 0.1) is 29.0 Å². The van der Waals surface area contributed by atoms with Crippen LogP contribution in [0.4, 0.5) is 0 Å². The summed E-state index contributed by atoms with van der Waals surface area (Å²) in [6.45, 7) is 2.47. The molecule has 1 heterocycles. The van der Waals surface area contributed by atoms with Crippen molar-refractivity contribution in [1.29, 1.82) is 0 Å². The number of benzene rings is 1. The second kappa shape index (κ2) is 9.42. The predicted octanol–water partition coefficient (Wildman–Crippen LogP) is 2.43. The SMILES string of the molecule is CS(=O)(=O)NCCC1OCCNCC1c1ccc(Cl)c(Cl)c1.Cl. The Morgan fingerprint density at radius 1 is 1.35 bits per heavy atom. The molecule has 1 fully saturated rings. The summed E-state index contributed by atoms with van der Waals surface area (Å²) in [4.78, 5) is 0. The average molecular weight is 404 g/mol. The summed E-state index contributed by atoms with van der Waals surface area (Å²) >= 11 is 12.1. The summed E-state index contributed by atoms with van der Waals surface area (Å²) in [6, 6.07) is 5.56. The maximum atomic E-state index is 11.2. The van der Waals surface area contributed by atoms with E-state index in [-0.39, 0.29) is 24.4 Å². The molecule has 1 aromatic rings. The van der Waals surface area contributed by atoms with Gasteiger partial charge in [-0.3, -0.25) is 0 Å². The van der Waals surface area contributed by atoms with Gasteiger partial charge in [-0.1, -0.05) is 29.3 Å². The second-order valence-electron chi connectivity index (χ2n) is 5.35. The Hall–Kier alpha value is -0.0800. The Kier molecular flexibility index (Phi) is 8.58. The Morgan fingerprint density at radius 2 is 2.09 bits per heavy atom. The van der Waals surface area contributed by atoms with Gasteiger partial charge < -0.3 is 10.1 Å². The van der Waals surface area contributed by atoms with Crippen LogP contribution >= 0.6 is 35.6 Å². The van der Waals surface area contributed by atoms with Crippen LogP contribution in [0, 0.1) is 0 Å². The van der Waals surface area contributed by atoms with Gasteiger partial charge in [0.2, 0.25) is 10.0 Å². The van der Waals surface area contributed by atoms with Gasteiger partial charge in [-0.15, -0.1) is 12.4 Å². The van der Waals surface area contributed by atoms with Gasteiger partial charge in [-0.2, -0.15) is 0 Å². The highest BCUT2D eigenvalue weighted by Gasteiger charge is 2.26. The van der Waals surface area contributed by atoms with Crippen LogP contribution in [0.5, 0.6) is 0 Å². The van der Waals surface area contributed by atoms with E-state index in [4.69, 9.17) is 27.9 Å². The van der Waals surface area contributed by atoms with Gasteiger partial charge in [0.15, 0.2) is 0 Å². The number of hydrogen-bond donors (Lipinski definition) is 2. The lowest BCUT2D eigenvalue weighted by molar-refractivity contribution is 0.0473. The first kappa shape index (κ1) is 21.0. The molecular weight excluding hydrogens is 383 g/mol. The van der Waals surface area contributed by atoms with E-state index in [1.807, 2.05) is 12.1 Å². The van der Waals surface area contributed by atoms with Crippen molar-refractivity contribution in [2.45, 2.75) is 18.4 Å². The zero-order valence-corrected chi connectivity index (χ0v) is 15.9. The molecule has 2 N–H and O–H groups in total. The zero-order chi connectivity index (χ0) is 16.2. The van der Waals surface area contributed by atoms with Crippen molar-refractivity contribution in [3.8, 4) is 0 Å². The van der Waals surface area contributed by atoms with Crippen LogP contribution in [0.2, 0.25) is 10.0 Å². The van der Waals surface area contributed by atoms with Crippen molar-refractivity contribution in [1.82, 2.24) is 10.0 Å². The van der Waals surface area contributed by atoms with Crippen molar-refractivity contribution in [2.24, 2.45) is 0 Å². The van der Waals surface area contributed by atoms with Crippen LogP contribution < -0.4 is 10.0 Å². The minimum Gasteiger partial charge on any atom is -0.376 e. The molecule has 2 atom stereocenters. The molecule has 0 saturated carbocycles. The molecule has 0 radical (unpaired) electrons. The molecule has 1 aliphatic rings. The Bertz CT molecular complexity index is 613. The monoisotopic (exact) mass is 402 g/mol. The molecule has 5 nitrogen and oxygen atoms in total. The zero-order valence-electron chi connectivity index (χ0n) is 12.7. The van der Waals surface area contributed by atoms with E-state index in [0.29, 0.717) is 29.6 Å². The van der Waals surface area contributed by atoms with Crippen molar-refractivity contribution >= 4 is 45.6 Å². The van der Waals surface area contributed by atoms with Gasteiger partial charge in [0, 0.05) is 25.6 Å². The Labute approximate surface area is 153 Å². The van der Waals surface area contributed by atoms with Crippen LogP contribution in [-0.4, -0.2) is 47.0 Å². The van der Waals surface area contributed by atoms with Gasteiger partial charge in [-0.25, -0.2) is 13.1 Å². The molecule has 1 aliphatic heterocycles. The third-order valence-corrected chi connectivity index (χ3v) is 5.06. The number of sulfonamides is 1. The summed E-state index contributed by atoms with van der Waals surface area (Å²) in [5.41, 5.74) is 1.04. The molecule has 132 valence electrons. The summed E-state index contributed by atoms with van der Waals surface area (Å²) in [5, 5.41) is 4.35. The molecule has 0 aromatic heterocycles. The van der Waals surface area contributed by atoms with E-state index in [9.17, 15) is 8.42 Å². The molecule has 0 spiro atoms. The quantitative estimate of drug-likeness (QED) is 0.792. The topological polar surface area (TPSA) is 67.4 Å². The first-order chi connectivity index (χ1) is 10.4. The molecule has 23 heavy (non-hydrogen) atoms. The lowest BCUT2D eigenvalue weighted by atomic mass is 9.91. The molecule has 2 rings (SSSR count). The van der Waals surface area contributed by atoms with E-state index in [2.05, 4.69) is 10.0 Å². The molecule has 1 saturated heterocycles. The molecule has 0 bridgehead atoms. The van der Waals surface area contributed by atoms with Crippen LogP contribution in [0.25, 0.3) is 0 Å². The van der Waals surface area contributed by atoms with Crippen molar-refractivity contribution < 1.29 is 13.2 Å². The average Bonchev–Trinajstić information content (AvgIpc) is 2.66. The van der Waals surface area contributed by atoms with Gasteiger partial charge in [0.25, 0.3) is 0 Å². The standard InChI is InChI=1S/C14H20Cl2N2O3S.ClH/c1-22(19,20)18-5-4-14-11(9-17-6-7-21-14)10-2-3-12(15)13(16)8-10;/h2-3,8,11,14,17-18H,4-7,9H2,1H3;1H. The van der Waals surface area contributed by atoms with Crippen LogP contribution in [0.3, 0.4) is 0 Å². The minimum atomic E-state index is -3.19. The van der Waals surface area contributed by atoms with Crippen LogP contribution in [0.15, 0.2) is 18.2 Å². The van der Waals surface area contributed by atoms with Crippen LogP contribution in [0.1, 0.15) is 17.9 Å². The predicted molar refractivity (Wildman–Crippen MR) is 96.5 cm³/mol. The molecule has 2 unspecified atom stereocenters. The van der Waals surface area contributed by atoms with E-state index in [1.165, 1.54) is 0 Å². The maximum Gasteiger partial charge on any atom is 0.208 e. The highest BCUT2D eigenvalue weighted by Crippen LogP contribution is 2.30. The van der Waals surface area contributed by atoms with Crippen molar-refractivity contribution in [3.05, 3.63) is 33.8 Å². The highest BCUT2D eigenvalue weighted by molar-refractivity contribution is 7.88. The molecule has 0 amide bonds. The normalized spacial score (nSPS) is 22.2. The molecule has 0 aliphatic carbocycles. The number of hydrogen-bond acceptors (Lipinski definition) is 4. The molecule has 1 aromatic carbocycles. The van der Waals surface area contributed by atoms with E-state index in [1.54, 1.807) is 6.07 Å². The molecule has 9 heteroatoms. The highest BCUT2D eigenvalue weighted by atomic mass is 35.5. The van der Waals surface area contributed by atoms with Crippen molar-refractivity contribution in [2.75, 3.05) is 32.5 Å². The summed E-state index contributed by atoms with van der Waals surface area (Å²) in [7, 11) is -3.19. The van der Waals surface area contributed by atoms with Crippen molar-refractivity contribution in [3.63, 3.8) is 0 Å². The van der Waals surface area contributed by atoms with E-state index in [0.717, 1.165) is 24.9 Å². The Morgan fingerprint density at radius 3 is 2.74 bits per heavy atom. The third kappa shape index (κ3) is 6.74. The van der Waals surface area contributed by atoms with E-state index < -0.39 is 10.0 Å². The number of rotatable bonds is 5. The first-order valence-corrected chi connectivity index (χ1v) is 9.73. The Balaban J connectivity index is 0.00000264. The molecular formula is C14H21Cl3N2O3S. The number of ether oxygens (including phenoxy) is 1. The maximum absolute atomic E-state index is 11.2. The van der Waals surface area contributed by atoms with Crippen LogP contribution in [-0.2, 0) is 14.8 Å². The largest absolute Gasteiger partial charge is 0.376 e. The fraction of sp³-hybridized carbons (Fsp3) is 0.571. The first-order valence-electron chi connectivity index (χ1n) is 7.09. The lowest BCUT2D eigenvalue weighted by Gasteiger charge is -2.25. The second-order valence-corrected chi connectivity index (χ2v) is 8.00. The smallest absolute Gasteiger partial charge is 0.208 e. The fourth-order valence-corrected chi connectivity index (χ4v) is 3.33. The van der Waals surface area contributed by atoms with Gasteiger partial charge in [-0.05, 0) is 24.1 Å². The summed E-state index contributed by atoms with van der Waals surface area (Å²) in [6.07, 6.45) is 1.67.